The number of carbonyl (C=O) groups excluding carboxylic acids is 3. The summed E-state index contributed by atoms with van der Waals surface area (Å²) in [7, 11) is 0. The standard InChI is InChI=1S/C28H43NO5S.C3H6O/c1-17(2)26(31)21(7)27(32)19(5)10-9-11-23(15-30)12-13-25(34-28(33)18(3)4)20(6)14-24-16-35-22(8)29-24;1-3(2)4/h12,14,16-17,19,21,25,27,30,32H,3,9-11,13,15H2,1-2,4-8H3;1-2H3/b20-14+,23-12+;/t19-,21-,25-,27-;/m0./s1. The summed E-state index contributed by atoms with van der Waals surface area (Å²) in [4.78, 5) is 38.3. The summed E-state index contributed by atoms with van der Waals surface area (Å²) in [5.74, 6) is -0.725. The van der Waals surface area contributed by atoms with Crippen LogP contribution in [0.4, 0.5) is 0 Å². The highest BCUT2D eigenvalue weighted by Gasteiger charge is 2.28. The van der Waals surface area contributed by atoms with Crippen LogP contribution in [-0.2, 0) is 19.1 Å². The van der Waals surface area contributed by atoms with Crippen molar-refractivity contribution in [1.29, 1.82) is 0 Å². The van der Waals surface area contributed by atoms with Crippen LogP contribution in [0.5, 0.6) is 0 Å². The second-order valence-electron chi connectivity index (χ2n) is 10.7. The Hall–Kier alpha value is -2.42. The molecule has 0 aliphatic carbocycles. The van der Waals surface area contributed by atoms with Crippen LogP contribution in [-0.4, -0.2) is 51.5 Å². The molecule has 1 rings (SSSR count). The van der Waals surface area contributed by atoms with Gasteiger partial charge in [0, 0.05) is 29.2 Å². The van der Waals surface area contributed by atoms with Crippen molar-refractivity contribution in [3.8, 4) is 0 Å². The van der Waals surface area contributed by atoms with E-state index in [2.05, 4.69) is 11.6 Å². The predicted molar refractivity (Wildman–Crippen MR) is 159 cm³/mol. The smallest absolute Gasteiger partial charge is 0.333 e. The molecule has 0 saturated heterocycles. The van der Waals surface area contributed by atoms with Crippen LogP contribution in [0.3, 0.4) is 0 Å². The summed E-state index contributed by atoms with van der Waals surface area (Å²) in [6, 6.07) is 0. The number of aliphatic hydroxyl groups excluding tert-OH is 2. The number of esters is 1. The third-order valence-electron chi connectivity index (χ3n) is 6.21. The Morgan fingerprint density at radius 3 is 2.18 bits per heavy atom. The Balaban J connectivity index is 0.00000336. The number of hydrogen-bond donors (Lipinski definition) is 2. The molecule has 0 aliphatic rings. The van der Waals surface area contributed by atoms with Gasteiger partial charge in [-0.2, -0.15) is 0 Å². The Kier molecular flexibility index (Phi) is 17.6. The van der Waals surface area contributed by atoms with Crippen molar-refractivity contribution >= 4 is 34.9 Å². The fraction of sp³-hybridized carbons (Fsp3) is 0.613. The summed E-state index contributed by atoms with van der Waals surface area (Å²) in [6.45, 7) is 19.5. The molecule has 0 fully saturated rings. The number of carbonyl (C=O) groups is 3. The molecule has 0 bridgehead atoms. The molecule has 0 spiro atoms. The van der Waals surface area contributed by atoms with E-state index in [1.165, 1.54) is 13.8 Å². The monoisotopic (exact) mass is 563 g/mol. The zero-order valence-corrected chi connectivity index (χ0v) is 26.1. The van der Waals surface area contributed by atoms with Crippen LogP contribution in [0.15, 0.2) is 34.8 Å². The molecule has 7 nitrogen and oxygen atoms in total. The van der Waals surface area contributed by atoms with Crippen molar-refractivity contribution in [1.82, 2.24) is 4.98 Å². The molecule has 0 amide bonds. The number of Topliss-reactive ketones (excluding diaryl/α,β-unsaturated/α-hetero) is 2. The van der Waals surface area contributed by atoms with E-state index in [1.54, 1.807) is 25.2 Å². The normalized spacial score (nSPS) is 15.1. The van der Waals surface area contributed by atoms with Gasteiger partial charge in [-0.25, -0.2) is 9.78 Å². The number of hydrogen-bond acceptors (Lipinski definition) is 8. The summed E-state index contributed by atoms with van der Waals surface area (Å²) in [5.41, 5.74) is 2.87. The lowest BCUT2D eigenvalue weighted by Crippen LogP contribution is -2.33. The molecule has 1 aromatic rings. The summed E-state index contributed by atoms with van der Waals surface area (Å²) in [6.07, 6.45) is 5.26. The molecular formula is C31H49NO6S. The van der Waals surface area contributed by atoms with E-state index >= 15 is 0 Å². The van der Waals surface area contributed by atoms with Crippen LogP contribution >= 0.6 is 11.3 Å². The topological polar surface area (TPSA) is 114 Å². The fourth-order valence-corrected chi connectivity index (χ4v) is 4.43. The molecular weight excluding hydrogens is 514 g/mol. The van der Waals surface area contributed by atoms with Gasteiger partial charge in [-0.3, -0.25) is 4.79 Å². The second kappa shape index (κ2) is 18.8. The van der Waals surface area contributed by atoms with Gasteiger partial charge in [0.05, 0.1) is 23.4 Å². The van der Waals surface area contributed by atoms with Crippen LogP contribution in [0.1, 0.15) is 91.8 Å². The van der Waals surface area contributed by atoms with E-state index in [1.807, 2.05) is 52.2 Å². The van der Waals surface area contributed by atoms with Gasteiger partial charge in [0.15, 0.2) is 0 Å². The molecule has 0 saturated carbocycles. The largest absolute Gasteiger partial charge is 0.454 e. The average Bonchev–Trinajstić information content (AvgIpc) is 3.26. The first kappa shape index (κ1) is 36.6. The summed E-state index contributed by atoms with van der Waals surface area (Å²) in [5, 5.41) is 23.4. The highest BCUT2D eigenvalue weighted by Crippen LogP contribution is 2.24. The molecule has 0 aromatic carbocycles. The zero-order valence-electron chi connectivity index (χ0n) is 25.2. The minimum absolute atomic E-state index is 0.0244. The number of nitrogens with zero attached hydrogens (tertiary/aromatic N) is 1. The van der Waals surface area contributed by atoms with Gasteiger partial charge in [-0.1, -0.05) is 40.3 Å². The van der Waals surface area contributed by atoms with Gasteiger partial charge in [0.2, 0.25) is 0 Å². The van der Waals surface area contributed by atoms with Crippen molar-refractivity contribution in [2.24, 2.45) is 17.8 Å². The second-order valence-corrected chi connectivity index (χ2v) is 11.8. The Morgan fingerprint density at radius 1 is 1.13 bits per heavy atom. The lowest BCUT2D eigenvalue weighted by atomic mass is 9.84. The van der Waals surface area contributed by atoms with E-state index in [0.717, 1.165) is 34.7 Å². The highest BCUT2D eigenvalue weighted by molar-refractivity contribution is 7.09. The number of rotatable bonds is 15. The SMILES string of the molecule is C=C(C)C(=O)O[C@@H](C/C=C(/CO)CCC[C@H](C)[C@H](O)[C@@H](C)C(=O)C(C)C)/C(C)=C/c1csc(C)n1.CC(C)=O. The van der Waals surface area contributed by atoms with E-state index < -0.39 is 24.1 Å². The third kappa shape index (κ3) is 15.1. The third-order valence-corrected chi connectivity index (χ3v) is 7.00. The first-order valence-electron chi connectivity index (χ1n) is 13.5. The first-order valence-corrected chi connectivity index (χ1v) is 14.4. The van der Waals surface area contributed by atoms with E-state index in [9.17, 15) is 24.6 Å². The Morgan fingerprint density at radius 2 is 1.72 bits per heavy atom. The lowest BCUT2D eigenvalue weighted by Gasteiger charge is -2.25. The van der Waals surface area contributed by atoms with Crippen molar-refractivity contribution in [3.05, 3.63) is 45.5 Å². The number of aromatic nitrogens is 1. The van der Waals surface area contributed by atoms with Crippen molar-refractivity contribution in [3.63, 3.8) is 0 Å². The number of aliphatic hydroxyl groups is 2. The summed E-state index contributed by atoms with van der Waals surface area (Å²) < 4.78 is 5.67. The first-order chi connectivity index (χ1) is 18.1. The molecule has 220 valence electrons. The molecule has 39 heavy (non-hydrogen) atoms. The summed E-state index contributed by atoms with van der Waals surface area (Å²) >= 11 is 1.56. The maximum atomic E-state index is 12.2. The lowest BCUT2D eigenvalue weighted by molar-refractivity contribution is -0.142. The molecule has 8 heteroatoms. The molecule has 0 radical (unpaired) electrons. The number of ether oxygens (including phenoxy) is 1. The van der Waals surface area contributed by atoms with Gasteiger partial charge in [-0.05, 0) is 77.0 Å². The highest BCUT2D eigenvalue weighted by atomic mass is 32.1. The van der Waals surface area contributed by atoms with Crippen LogP contribution in [0.25, 0.3) is 6.08 Å². The van der Waals surface area contributed by atoms with Gasteiger partial charge in [0.1, 0.15) is 17.7 Å². The minimum atomic E-state index is -0.681. The molecule has 0 aliphatic heterocycles. The molecule has 1 aromatic heterocycles. The number of ketones is 2. The quantitative estimate of drug-likeness (QED) is 0.147. The maximum absolute atomic E-state index is 12.2. The zero-order chi connectivity index (χ0) is 30.3. The minimum Gasteiger partial charge on any atom is -0.454 e. The van der Waals surface area contributed by atoms with Crippen molar-refractivity contribution < 1.29 is 29.3 Å². The van der Waals surface area contributed by atoms with Crippen LogP contribution in [0.2, 0.25) is 0 Å². The van der Waals surface area contributed by atoms with E-state index in [0.29, 0.717) is 18.4 Å². The molecule has 0 unspecified atom stereocenters. The van der Waals surface area contributed by atoms with Gasteiger partial charge >= 0.3 is 5.97 Å². The van der Waals surface area contributed by atoms with Crippen molar-refractivity contribution in [2.75, 3.05) is 6.61 Å². The Labute approximate surface area is 239 Å². The van der Waals surface area contributed by atoms with Crippen molar-refractivity contribution in [2.45, 2.75) is 100 Å². The maximum Gasteiger partial charge on any atom is 0.333 e. The average molecular weight is 564 g/mol. The fourth-order valence-electron chi connectivity index (χ4n) is 3.86. The van der Waals surface area contributed by atoms with E-state index in [4.69, 9.17) is 4.74 Å². The van der Waals surface area contributed by atoms with Crippen LogP contribution in [0, 0.1) is 24.7 Å². The van der Waals surface area contributed by atoms with Crippen LogP contribution < -0.4 is 0 Å². The molecule has 4 atom stereocenters. The van der Waals surface area contributed by atoms with E-state index in [-0.39, 0.29) is 30.0 Å². The predicted octanol–water partition coefficient (Wildman–Crippen LogP) is 6.28. The van der Waals surface area contributed by atoms with Gasteiger partial charge in [0.25, 0.3) is 0 Å². The van der Waals surface area contributed by atoms with Gasteiger partial charge < -0.3 is 19.7 Å². The van der Waals surface area contributed by atoms with Gasteiger partial charge in [-0.15, -0.1) is 11.3 Å². The molecule has 2 N–H and O–H groups in total. The number of aryl methyl sites for hydroxylation is 1. The number of thiazole rings is 1. The molecule has 1 heterocycles. The Bertz CT molecular complexity index is 1000.